The number of amides is 2. The van der Waals surface area contributed by atoms with E-state index in [0.29, 0.717) is 65.2 Å². The first-order valence-corrected chi connectivity index (χ1v) is 22.0. The molecule has 4 rings (SSSR count). The number of phosphoric ester groups is 1. The van der Waals surface area contributed by atoms with Crippen molar-refractivity contribution in [3.05, 3.63) is 70.4 Å². The Hall–Kier alpha value is -5.39. The van der Waals surface area contributed by atoms with Crippen LogP contribution in [0.25, 0.3) is 33.4 Å². The molecule has 330 valence electrons. The van der Waals surface area contributed by atoms with Crippen molar-refractivity contribution in [1.82, 2.24) is 16.0 Å². The lowest BCUT2D eigenvalue weighted by Gasteiger charge is -2.18. The van der Waals surface area contributed by atoms with E-state index in [4.69, 9.17) is 30.4 Å². The molecule has 2 aliphatic rings. The molecule has 2 unspecified atom stereocenters. The highest BCUT2D eigenvalue weighted by Gasteiger charge is 2.25. The van der Waals surface area contributed by atoms with Gasteiger partial charge in [0.2, 0.25) is 11.8 Å². The van der Waals surface area contributed by atoms with Crippen LogP contribution in [0.5, 0.6) is 5.75 Å². The summed E-state index contributed by atoms with van der Waals surface area (Å²) in [5, 5.41) is 32.7. The zero-order chi connectivity index (χ0) is 44.4. The van der Waals surface area contributed by atoms with E-state index in [1.807, 2.05) is 6.92 Å². The molecular weight excluding hydrogens is 832 g/mol. The highest BCUT2D eigenvalue weighted by molar-refractivity contribution is 7.80. The zero-order valence-electron chi connectivity index (χ0n) is 34.2. The number of phenols is 1. The van der Waals surface area contributed by atoms with E-state index < -0.39 is 19.8 Å². The maximum Gasteiger partial charge on any atom is 0.472 e. The van der Waals surface area contributed by atoms with Gasteiger partial charge in [-0.15, -0.1) is 0 Å². The van der Waals surface area contributed by atoms with Crippen LogP contribution in [0.2, 0.25) is 0 Å². The maximum atomic E-state index is 12.5. The normalized spacial score (nSPS) is 12.6. The van der Waals surface area contributed by atoms with Crippen molar-refractivity contribution >= 4 is 65.6 Å². The molecule has 0 bridgehead atoms. The molecule has 0 saturated heterocycles. The number of carboxylic acids is 1. The Morgan fingerprint density at radius 2 is 1.52 bits per heavy atom. The lowest BCUT2D eigenvalue weighted by molar-refractivity contribution is -0.142. The molecule has 0 spiro atoms. The number of fused-ring (bicyclic) bond motifs is 2. The van der Waals surface area contributed by atoms with E-state index in [0.717, 1.165) is 25.7 Å². The van der Waals surface area contributed by atoms with E-state index in [9.17, 15) is 43.6 Å². The number of aromatic carboxylic acids is 1. The third kappa shape index (κ3) is 16.2. The Kier molecular flexibility index (Phi) is 19.1. The highest BCUT2D eigenvalue weighted by Crippen LogP contribution is 2.44. The number of hydrogen-bond donors (Lipinski definition) is 7. The predicted octanol–water partition coefficient (Wildman–Crippen LogP) is 6.33. The number of aromatic hydroxyl groups is 1. The summed E-state index contributed by atoms with van der Waals surface area (Å²) in [6.45, 7) is 3.97. The quantitative estimate of drug-likeness (QED) is 0.0126. The summed E-state index contributed by atoms with van der Waals surface area (Å²) in [6.07, 6.45) is 5.17. The van der Waals surface area contributed by atoms with Gasteiger partial charge in [-0.3, -0.25) is 28.2 Å². The predicted molar refractivity (Wildman–Crippen MR) is 232 cm³/mol. The van der Waals surface area contributed by atoms with Gasteiger partial charge in [0.1, 0.15) is 17.1 Å². The Balaban J connectivity index is 1.08. The molecule has 0 aromatic heterocycles. The number of benzene rings is 3. The van der Waals surface area contributed by atoms with Crippen LogP contribution in [0.1, 0.15) is 82.0 Å². The van der Waals surface area contributed by atoms with Gasteiger partial charge in [0.25, 0.3) is 0 Å². The molecule has 17 nitrogen and oxygen atoms in total. The van der Waals surface area contributed by atoms with Gasteiger partial charge in [0.05, 0.1) is 25.4 Å². The fourth-order valence-corrected chi connectivity index (χ4v) is 7.41. The second-order valence-electron chi connectivity index (χ2n) is 14.3. The topological polar surface area (TPSA) is 252 Å². The number of carboxylic acid groups (broad SMARTS) is 1. The van der Waals surface area contributed by atoms with Crippen molar-refractivity contribution in [3.63, 3.8) is 0 Å². The molecule has 2 amide bonds. The largest absolute Gasteiger partial charge is 0.508 e. The summed E-state index contributed by atoms with van der Waals surface area (Å²) >= 11 is 5.44. The molecule has 61 heavy (non-hydrogen) atoms. The number of esters is 1. The minimum Gasteiger partial charge on any atom is -0.508 e. The minimum absolute atomic E-state index is 0.00220. The molecule has 0 radical (unpaired) electrons. The second-order valence-corrected chi connectivity index (χ2v) is 16.1. The van der Waals surface area contributed by atoms with Crippen LogP contribution < -0.4 is 26.7 Å². The number of phenolic OH excluding ortho intramolecular Hbond substituents is 1. The molecular formula is C42H53N4O13PS. The first-order chi connectivity index (χ1) is 29.1. The summed E-state index contributed by atoms with van der Waals surface area (Å²) in [4.78, 5) is 69.9. The average Bonchev–Trinajstić information content (AvgIpc) is 3.20. The summed E-state index contributed by atoms with van der Waals surface area (Å²) in [7, 11) is -4.35. The number of carbonyl (C=O) groups is 4. The van der Waals surface area contributed by atoms with Gasteiger partial charge in [-0.05, 0) is 92.7 Å². The van der Waals surface area contributed by atoms with Crippen LogP contribution in [-0.2, 0) is 32.7 Å². The number of rotatable bonds is 25. The lowest BCUT2D eigenvalue weighted by atomic mass is 9.90. The number of nitrogens with one attached hydrogen (secondary N) is 4. The smallest absolute Gasteiger partial charge is 0.472 e. The molecule has 1 aliphatic carbocycles. The van der Waals surface area contributed by atoms with Crippen molar-refractivity contribution in [1.29, 1.82) is 0 Å². The number of phosphoric acid groups is 1. The van der Waals surface area contributed by atoms with Crippen molar-refractivity contribution in [2.24, 2.45) is 5.92 Å². The average molecular weight is 885 g/mol. The van der Waals surface area contributed by atoms with Gasteiger partial charge in [-0.25, -0.2) is 9.36 Å². The van der Waals surface area contributed by atoms with Crippen LogP contribution in [0.15, 0.2) is 63.8 Å². The van der Waals surface area contributed by atoms with Crippen LogP contribution in [0.4, 0.5) is 5.69 Å². The Morgan fingerprint density at radius 3 is 2.21 bits per heavy atom. The number of thiocarbonyl (C=S) groups is 1. The van der Waals surface area contributed by atoms with E-state index in [2.05, 4.69) is 21.3 Å². The monoisotopic (exact) mass is 884 g/mol. The van der Waals surface area contributed by atoms with Crippen molar-refractivity contribution < 1.29 is 57.1 Å². The van der Waals surface area contributed by atoms with Crippen molar-refractivity contribution in [2.75, 3.05) is 44.8 Å². The molecule has 0 fully saturated rings. The molecule has 2 aromatic carbocycles. The first kappa shape index (κ1) is 48.3. The van der Waals surface area contributed by atoms with E-state index in [1.165, 1.54) is 37.3 Å². The van der Waals surface area contributed by atoms with Gasteiger partial charge in [0.15, 0.2) is 10.5 Å². The van der Waals surface area contributed by atoms with Crippen molar-refractivity contribution in [3.8, 4) is 28.2 Å². The van der Waals surface area contributed by atoms with Gasteiger partial charge in [-0.2, -0.15) is 0 Å². The van der Waals surface area contributed by atoms with Crippen LogP contribution in [0.3, 0.4) is 0 Å². The fourth-order valence-electron chi connectivity index (χ4n) is 6.39. The van der Waals surface area contributed by atoms with Gasteiger partial charge in [0, 0.05) is 79.7 Å². The number of hydrogen-bond acceptors (Lipinski definition) is 12. The minimum atomic E-state index is -4.35. The standard InChI is InChI=1S/C42H53N4O13PS/c1-3-9-28(25-56-27(2)47)26-58-60(54,55)57-21-20-44-39(51)11-6-5-10-38(50)43-18-7-4-8-19-45-42(61)46-29-12-15-32(35(22-29)41(52)53)40-33-16-13-30(48)23-36(33)59-37-24-31(49)14-17-34(37)40/h12-17,22-24,28,48H,3-11,18-21,25-26H2,1-2H3,(H,43,50)(H,44,51)(H,52,53)(H,54,55)(H2,45,46,61). The molecule has 0 saturated carbocycles. The Labute approximate surface area is 358 Å². The summed E-state index contributed by atoms with van der Waals surface area (Å²) in [5.74, 6) is -2.05. The van der Waals surface area contributed by atoms with Crippen LogP contribution >= 0.6 is 20.0 Å². The molecule has 1 heterocycles. The molecule has 7 N–H and O–H groups in total. The molecule has 2 atom stereocenters. The highest BCUT2D eigenvalue weighted by atomic mass is 32.1. The number of carbonyl (C=O) groups excluding carboxylic acids is 3. The van der Waals surface area contributed by atoms with E-state index in [1.54, 1.807) is 24.3 Å². The summed E-state index contributed by atoms with van der Waals surface area (Å²) in [5.41, 5.74) is 1.92. The van der Waals surface area contributed by atoms with E-state index in [-0.39, 0.29) is 85.0 Å². The molecule has 2 aromatic rings. The van der Waals surface area contributed by atoms with Crippen molar-refractivity contribution in [2.45, 2.75) is 71.6 Å². The maximum absolute atomic E-state index is 12.5. The molecule has 19 heteroatoms. The first-order valence-electron chi connectivity index (χ1n) is 20.1. The summed E-state index contributed by atoms with van der Waals surface area (Å²) < 4.78 is 32.9. The third-order valence-electron chi connectivity index (χ3n) is 9.34. The van der Waals surface area contributed by atoms with Crippen LogP contribution in [-0.4, -0.2) is 83.4 Å². The van der Waals surface area contributed by atoms with Gasteiger partial charge >= 0.3 is 19.8 Å². The molecule has 1 aliphatic heterocycles. The SMILES string of the molecule is CCCC(COC(C)=O)COP(=O)(O)OCCNC(=O)CCCCC(=O)NCCCCCNC(=S)Nc1ccc(-c2c3ccc(=O)cc-3oc3cc(O)ccc23)c(C(=O)O)c1. The zero-order valence-corrected chi connectivity index (χ0v) is 35.9. The van der Waals surface area contributed by atoms with Gasteiger partial charge in [-0.1, -0.05) is 19.4 Å². The lowest BCUT2D eigenvalue weighted by Crippen LogP contribution is -2.29. The van der Waals surface area contributed by atoms with Crippen LogP contribution in [0, 0.1) is 5.92 Å². The Morgan fingerprint density at radius 1 is 0.836 bits per heavy atom. The summed E-state index contributed by atoms with van der Waals surface area (Å²) in [6, 6.07) is 13.6. The third-order valence-corrected chi connectivity index (χ3v) is 10.6. The Bertz CT molecular complexity index is 2230. The number of ether oxygens (including phenoxy) is 1. The number of unbranched alkanes of at least 4 members (excludes halogenated alkanes) is 3. The van der Waals surface area contributed by atoms with Gasteiger partial charge < -0.3 is 45.5 Å². The second kappa shape index (κ2) is 24.2. The number of anilines is 1. The fraction of sp³-hybridized carbons (Fsp3) is 0.429. The van der Waals surface area contributed by atoms with E-state index >= 15 is 0 Å².